The number of amides is 1. The van der Waals surface area contributed by atoms with Crippen LogP contribution in [0.5, 0.6) is 11.5 Å². The Kier molecular flexibility index (Phi) is 6.44. The summed E-state index contributed by atoms with van der Waals surface area (Å²) in [5, 5.41) is 16.3. The molecule has 0 saturated heterocycles. The van der Waals surface area contributed by atoms with E-state index in [2.05, 4.69) is 10.4 Å². The van der Waals surface area contributed by atoms with Gasteiger partial charge in [0.15, 0.2) is 0 Å². The summed E-state index contributed by atoms with van der Waals surface area (Å²) in [6.45, 7) is 5.75. The van der Waals surface area contributed by atoms with Crippen molar-refractivity contribution in [1.29, 1.82) is 0 Å². The van der Waals surface area contributed by atoms with Gasteiger partial charge in [-0.15, -0.1) is 0 Å². The number of nitrogens with one attached hydrogen (secondary N) is 1. The van der Waals surface area contributed by atoms with Gasteiger partial charge in [0, 0.05) is 23.4 Å². The number of hydrogen-bond acceptors (Lipinski definition) is 5. The largest absolute Gasteiger partial charge is 0.497 e. The minimum Gasteiger partial charge on any atom is -0.497 e. The van der Waals surface area contributed by atoms with E-state index in [1.165, 1.54) is 20.4 Å². The number of ether oxygens (including phenoxy) is 2. The fraction of sp³-hybridized carbons (Fsp3) is 0.421. The van der Waals surface area contributed by atoms with E-state index in [0.29, 0.717) is 22.6 Å². The van der Waals surface area contributed by atoms with Gasteiger partial charge in [0.1, 0.15) is 11.5 Å². The fourth-order valence-electron chi connectivity index (χ4n) is 2.92. The lowest BCUT2D eigenvalue weighted by atomic mass is 10.0. The molecule has 8 heteroatoms. The molecule has 0 aliphatic carbocycles. The molecule has 2 N–H and O–H groups in total. The molecule has 1 heterocycles. The topological polar surface area (TPSA) is 103 Å². The Hall–Kier alpha value is -3.03. The lowest BCUT2D eigenvalue weighted by molar-refractivity contribution is -0.137. The van der Waals surface area contributed by atoms with Crippen LogP contribution in [0.1, 0.15) is 54.0 Å². The van der Waals surface area contributed by atoms with E-state index in [1.54, 1.807) is 22.9 Å². The van der Waals surface area contributed by atoms with E-state index < -0.39 is 12.0 Å². The number of aliphatic carboxylic acids is 1. The average molecular weight is 375 g/mol. The summed E-state index contributed by atoms with van der Waals surface area (Å²) in [5.41, 5.74) is 1.69. The van der Waals surface area contributed by atoms with Crippen molar-refractivity contribution in [3.63, 3.8) is 0 Å². The highest BCUT2D eigenvalue weighted by Gasteiger charge is 2.24. The first-order chi connectivity index (χ1) is 12.8. The van der Waals surface area contributed by atoms with Crippen LogP contribution < -0.4 is 14.8 Å². The molecule has 0 radical (unpaired) electrons. The van der Waals surface area contributed by atoms with Crippen LogP contribution in [0, 0.1) is 6.92 Å². The highest BCUT2D eigenvalue weighted by Crippen LogP contribution is 2.31. The smallest absolute Gasteiger partial charge is 0.305 e. The van der Waals surface area contributed by atoms with Crippen molar-refractivity contribution in [2.75, 3.05) is 14.2 Å². The van der Waals surface area contributed by atoms with E-state index >= 15 is 0 Å². The molecule has 2 rings (SSSR count). The van der Waals surface area contributed by atoms with Gasteiger partial charge in [-0.1, -0.05) is 0 Å². The highest BCUT2D eigenvalue weighted by atomic mass is 16.5. The number of nitrogens with zero attached hydrogens (tertiary/aromatic N) is 2. The van der Waals surface area contributed by atoms with Crippen molar-refractivity contribution in [1.82, 2.24) is 15.1 Å². The molecule has 1 atom stereocenters. The van der Waals surface area contributed by atoms with Crippen molar-refractivity contribution < 1.29 is 24.2 Å². The third kappa shape index (κ3) is 4.58. The van der Waals surface area contributed by atoms with E-state index in [9.17, 15) is 14.7 Å². The molecule has 1 aromatic carbocycles. The number of aromatic nitrogens is 2. The van der Waals surface area contributed by atoms with Crippen LogP contribution in [0.15, 0.2) is 24.4 Å². The van der Waals surface area contributed by atoms with Crippen LogP contribution in [0.4, 0.5) is 0 Å². The second-order valence-electron chi connectivity index (χ2n) is 6.41. The maximum Gasteiger partial charge on any atom is 0.305 e. The van der Waals surface area contributed by atoms with Crippen molar-refractivity contribution in [3.8, 4) is 11.5 Å². The molecule has 2 aromatic rings. The summed E-state index contributed by atoms with van der Waals surface area (Å²) < 4.78 is 12.3. The normalized spacial score (nSPS) is 11.9. The van der Waals surface area contributed by atoms with Gasteiger partial charge >= 0.3 is 5.97 Å². The Morgan fingerprint density at radius 3 is 2.48 bits per heavy atom. The predicted molar refractivity (Wildman–Crippen MR) is 99.4 cm³/mol. The van der Waals surface area contributed by atoms with Crippen LogP contribution >= 0.6 is 0 Å². The van der Waals surface area contributed by atoms with Crippen LogP contribution in [-0.2, 0) is 4.79 Å². The summed E-state index contributed by atoms with van der Waals surface area (Å²) in [6, 6.07) is 4.38. The molecule has 1 amide bonds. The van der Waals surface area contributed by atoms with E-state index in [-0.39, 0.29) is 18.4 Å². The lowest BCUT2D eigenvalue weighted by Crippen LogP contribution is -2.31. The summed E-state index contributed by atoms with van der Waals surface area (Å²) in [7, 11) is 3.01. The quantitative estimate of drug-likeness (QED) is 0.735. The van der Waals surface area contributed by atoms with Gasteiger partial charge in [0.2, 0.25) is 0 Å². The highest BCUT2D eigenvalue weighted by molar-refractivity contribution is 5.95. The predicted octanol–water partition coefficient (Wildman–Crippen LogP) is 2.74. The zero-order valence-electron chi connectivity index (χ0n) is 16.1. The Labute approximate surface area is 158 Å². The summed E-state index contributed by atoms with van der Waals surface area (Å²) in [6.07, 6.45) is 1.21. The molecule has 0 saturated carbocycles. The number of rotatable bonds is 8. The van der Waals surface area contributed by atoms with Gasteiger partial charge in [-0.2, -0.15) is 5.10 Å². The van der Waals surface area contributed by atoms with Crippen molar-refractivity contribution in [2.45, 2.75) is 39.3 Å². The van der Waals surface area contributed by atoms with Gasteiger partial charge in [0.25, 0.3) is 5.91 Å². The van der Waals surface area contributed by atoms with Crippen molar-refractivity contribution in [3.05, 3.63) is 41.2 Å². The molecule has 0 fully saturated rings. The maximum atomic E-state index is 12.8. The van der Waals surface area contributed by atoms with E-state index in [1.807, 2.05) is 20.8 Å². The number of hydrogen-bond donors (Lipinski definition) is 2. The van der Waals surface area contributed by atoms with E-state index in [0.717, 1.165) is 5.69 Å². The maximum absolute atomic E-state index is 12.8. The number of methoxy groups -OCH3 is 2. The number of carboxylic acid groups (broad SMARTS) is 1. The summed E-state index contributed by atoms with van der Waals surface area (Å²) >= 11 is 0. The Morgan fingerprint density at radius 1 is 1.26 bits per heavy atom. The first-order valence-corrected chi connectivity index (χ1v) is 8.57. The van der Waals surface area contributed by atoms with Crippen molar-refractivity contribution >= 4 is 11.9 Å². The third-order valence-electron chi connectivity index (χ3n) is 4.28. The summed E-state index contributed by atoms with van der Waals surface area (Å²) in [4.78, 5) is 24.1. The van der Waals surface area contributed by atoms with Crippen LogP contribution in [-0.4, -0.2) is 41.0 Å². The van der Waals surface area contributed by atoms with E-state index in [4.69, 9.17) is 9.47 Å². The van der Waals surface area contributed by atoms with Gasteiger partial charge in [-0.3, -0.25) is 14.3 Å². The monoisotopic (exact) mass is 375 g/mol. The van der Waals surface area contributed by atoms with Crippen LogP contribution in [0.2, 0.25) is 0 Å². The van der Waals surface area contributed by atoms with Crippen LogP contribution in [0.3, 0.4) is 0 Å². The fourth-order valence-corrected chi connectivity index (χ4v) is 2.92. The molecule has 1 aromatic heterocycles. The molecular weight excluding hydrogens is 350 g/mol. The SMILES string of the molecule is COc1ccc(C(CC(=O)O)NC(=O)c2cnn(C(C)C)c2C)c(OC)c1. The molecule has 0 aliphatic rings. The molecule has 1 unspecified atom stereocenters. The van der Waals surface area contributed by atoms with Gasteiger partial charge < -0.3 is 19.9 Å². The zero-order valence-corrected chi connectivity index (χ0v) is 16.1. The lowest BCUT2D eigenvalue weighted by Gasteiger charge is -2.20. The van der Waals surface area contributed by atoms with Crippen LogP contribution in [0.25, 0.3) is 0 Å². The molecule has 0 spiro atoms. The first kappa shape index (κ1) is 20.3. The van der Waals surface area contributed by atoms with Gasteiger partial charge in [-0.25, -0.2) is 0 Å². The first-order valence-electron chi connectivity index (χ1n) is 8.57. The molecule has 8 nitrogen and oxygen atoms in total. The Balaban J connectivity index is 2.35. The number of benzene rings is 1. The second kappa shape index (κ2) is 8.57. The number of carbonyl (C=O) groups is 2. The number of carbonyl (C=O) groups excluding carboxylic acids is 1. The molecule has 27 heavy (non-hydrogen) atoms. The minimum atomic E-state index is -1.03. The standard InChI is InChI=1S/C19H25N3O5/c1-11(2)22-12(3)15(10-20-22)19(25)21-16(9-18(23)24)14-7-6-13(26-4)8-17(14)27-5/h6-8,10-11,16H,9H2,1-5H3,(H,21,25)(H,23,24). The van der Waals surface area contributed by atoms with Gasteiger partial charge in [-0.05, 0) is 32.9 Å². The number of carboxylic acids is 1. The molecule has 146 valence electrons. The zero-order chi connectivity index (χ0) is 20.1. The molecular formula is C19H25N3O5. The Bertz CT molecular complexity index is 829. The third-order valence-corrected chi connectivity index (χ3v) is 4.28. The molecule has 0 aliphatic heterocycles. The summed E-state index contributed by atoms with van der Waals surface area (Å²) in [5.74, 6) is -0.406. The van der Waals surface area contributed by atoms with Gasteiger partial charge in [0.05, 0.1) is 38.4 Å². The minimum absolute atomic E-state index is 0.114. The second-order valence-corrected chi connectivity index (χ2v) is 6.41. The Morgan fingerprint density at radius 2 is 1.96 bits per heavy atom. The van der Waals surface area contributed by atoms with Crippen molar-refractivity contribution in [2.24, 2.45) is 0 Å². The average Bonchev–Trinajstić information content (AvgIpc) is 3.01. The molecule has 0 bridgehead atoms.